The monoisotopic (exact) mass is 462 g/mol. The molecular weight excluding hydrogens is 440 g/mol. The number of carbonyl (C=O) groups excluding carboxylic acids is 2. The van der Waals surface area contributed by atoms with E-state index < -0.39 is 6.09 Å². The highest BCUT2D eigenvalue weighted by molar-refractivity contribution is 8.00. The van der Waals surface area contributed by atoms with Gasteiger partial charge in [-0.3, -0.25) is 14.5 Å². The summed E-state index contributed by atoms with van der Waals surface area (Å²) in [6.07, 6.45) is 0.110. The molecule has 1 fully saturated rings. The highest BCUT2D eigenvalue weighted by Gasteiger charge is 2.33. The molecule has 0 spiro atoms. The van der Waals surface area contributed by atoms with Crippen LogP contribution in [0.1, 0.15) is 11.6 Å². The normalized spacial score (nSPS) is 21.3. The van der Waals surface area contributed by atoms with Crippen molar-refractivity contribution in [1.82, 2.24) is 9.88 Å². The van der Waals surface area contributed by atoms with Crippen LogP contribution >= 0.6 is 11.8 Å². The second-order valence-corrected chi connectivity index (χ2v) is 9.56. The van der Waals surface area contributed by atoms with Crippen molar-refractivity contribution in [2.45, 2.75) is 23.5 Å². The van der Waals surface area contributed by atoms with Crippen LogP contribution in [0.25, 0.3) is 10.9 Å². The molecule has 2 N–H and O–H groups in total. The van der Waals surface area contributed by atoms with E-state index >= 15 is 0 Å². The second-order valence-electron chi connectivity index (χ2n) is 8.55. The molecule has 0 aliphatic carbocycles. The molecule has 1 aromatic heterocycles. The molecule has 6 rings (SSSR count). The molecule has 3 aromatic rings. The lowest BCUT2D eigenvalue weighted by molar-refractivity contribution is -0.113. The lowest BCUT2D eigenvalue weighted by atomic mass is 10.1. The number of amides is 2. The molecule has 4 heterocycles. The number of benzene rings is 2. The van der Waals surface area contributed by atoms with Gasteiger partial charge in [0.2, 0.25) is 5.91 Å². The van der Waals surface area contributed by atoms with Crippen LogP contribution in [-0.2, 0) is 16.0 Å². The average Bonchev–Trinajstić information content (AvgIpc) is 3.37. The van der Waals surface area contributed by atoms with Gasteiger partial charge in [0.25, 0.3) is 5.56 Å². The third-order valence-electron chi connectivity index (χ3n) is 6.39. The number of fused-ring (bicyclic) bond motifs is 1. The Hall–Kier alpha value is -3.30. The molecule has 168 valence electrons. The molecule has 1 unspecified atom stereocenters. The van der Waals surface area contributed by atoms with E-state index in [4.69, 9.17) is 4.74 Å². The molecule has 3 aliphatic heterocycles. The number of thioether (sulfide) groups is 1. The van der Waals surface area contributed by atoms with Gasteiger partial charge in [-0.15, -0.1) is 11.8 Å². The molecular formula is C24H22N4O4S. The Bertz CT molecular complexity index is 1350. The van der Waals surface area contributed by atoms with E-state index in [1.807, 2.05) is 41.0 Å². The summed E-state index contributed by atoms with van der Waals surface area (Å²) in [6, 6.07) is 15.3. The number of aromatic nitrogens is 1. The van der Waals surface area contributed by atoms with Crippen molar-refractivity contribution in [3.63, 3.8) is 0 Å². The van der Waals surface area contributed by atoms with E-state index in [1.165, 1.54) is 17.3 Å². The first-order chi connectivity index (χ1) is 16.1. The van der Waals surface area contributed by atoms with Gasteiger partial charge in [0, 0.05) is 29.7 Å². The highest BCUT2D eigenvalue weighted by atomic mass is 32.2. The number of nitrogens with zero attached hydrogens (tertiary/aromatic N) is 2. The SMILES string of the molecule is O=C1CSc2ccc(N3C[C@@H](CNCC4Cc5cccc6ccc(=O)n4c56)OC3=O)cc2N1. The van der Waals surface area contributed by atoms with Crippen molar-refractivity contribution in [3.05, 3.63) is 64.4 Å². The number of hydrogen-bond donors (Lipinski definition) is 2. The summed E-state index contributed by atoms with van der Waals surface area (Å²) < 4.78 is 7.44. The van der Waals surface area contributed by atoms with Crippen molar-refractivity contribution >= 4 is 46.0 Å². The van der Waals surface area contributed by atoms with Crippen molar-refractivity contribution in [2.24, 2.45) is 0 Å². The third kappa shape index (κ3) is 3.57. The van der Waals surface area contributed by atoms with Crippen molar-refractivity contribution in [2.75, 3.05) is 35.6 Å². The van der Waals surface area contributed by atoms with Gasteiger partial charge in [-0.25, -0.2) is 4.79 Å². The van der Waals surface area contributed by atoms with Gasteiger partial charge < -0.3 is 19.9 Å². The molecule has 1 saturated heterocycles. The smallest absolute Gasteiger partial charge is 0.414 e. The summed E-state index contributed by atoms with van der Waals surface area (Å²) in [5, 5.41) is 7.33. The van der Waals surface area contributed by atoms with E-state index in [0.29, 0.717) is 31.1 Å². The average molecular weight is 463 g/mol. The Morgan fingerprint density at radius 3 is 2.91 bits per heavy atom. The fourth-order valence-corrected chi connectivity index (χ4v) is 5.70. The zero-order valence-electron chi connectivity index (χ0n) is 17.7. The van der Waals surface area contributed by atoms with Crippen LogP contribution in [-0.4, -0.2) is 48.1 Å². The first kappa shape index (κ1) is 20.3. The molecule has 8 nitrogen and oxygen atoms in total. The molecule has 2 atom stereocenters. The Morgan fingerprint density at radius 2 is 2.00 bits per heavy atom. The lowest BCUT2D eigenvalue weighted by Crippen LogP contribution is -2.36. The van der Waals surface area contributed by atoms with Crippen LogP contribution in [0.2, 0.25) is 0 Å². The van der Waals surface area contributed by atoms with Crippen molar-refractivity contribution in [1.29, 1.82) is 0 Å². The quantitative estimate of drug-likeness (QED) is 0.606. The first-order valence-electron chi connectivity index (χ1n) is 11.0. The summed E-state index contributed by atoms with van der Waals surface area (Å²) in [6.45, 7) is 1.54. The minimum absolute atomic E-state index is 0.00961. The topological polar surface area (TPSA) is 92.7 Å². The number of para-hydroxylation sites is 1. The Balaban J connectivity index is 1.11. The first-order valence-corrected chi connectivity index (χ1v) is 11.9. The molecule has 9 heteroatoms. The summed E-state index contributed by atoms with van der Waals surface area (Å²) >= 11 is 1.49. The summed E-state index contributed by atoms with van der Waals surface area (Å²) in [7, 11) is 0. The van der Waals surface area contributed by atoms with E-state index in [0.717, 1.165) is 27.9 Å². The second kappa shape index (κ2) is 7.93. The van der Waals surface area contributed by atoms with Crippen LogP contribution < -0.4 is 21.1 Å². The number of nitrogens with one attached hydrogen (secondary N) is 2. The number of hydrogen-bond acceptors (Lipinski definition) is 6. The van der Waals surface area contributed by atoms with Crippen molar-refractivity contribution in [3.8, 4) is 0 Å². The largest absolute Gasteiger partial charge is 0.443 e. The number of cyclic esters (lactones) is 1. The maximum absolute atomic E-state index is 12.5. The van der Waals surface area contributed by atoms with Gasteiger partial charge in [0.05, 0.1) is 29.5 Å². The van der Waals surface area contributed by atoms with E-state index in [-0.39, 0.29) is 23.6 Å². The minimum atomic E-state index is -0.397. The Labute approximate surface area is 193 Å². The van der Waals surface area contributed by atoms with E-state index in [9.17, 15) is 14.4 Å². The van der Waals surface area contributed by atoms with Gasteiger partial charge in [-0.2, -0.15) is 0 Å². The fraction of sp³-hybridized carbons (Fsp3) is 0.292. The predicted molar refractivity (Wildman–Crippen MR) is 127 cm³/mol. The Morgan fingerprint density at radius 1 is 1.09 bits per heavy atom. The minimum Gasteiger partial charge on any atom is -0.443 e. The van der Waals surface area contributed by atoms with Crippen molar-refractivity contribution < 1.29 is 14.3 Å². The molecule has 0 radical (unpaired) electrons. The molecule has 2 aromatic carbocycles. The van der Waals surface area contributed by atoms with Gasteiger partial charge in [0.1, 0.15) is 6.10 Å². The molecule has 2 amide bonds. The molecule has 33 heavy (non-hydrogen) atoms. The third-order valence-corrected chi connectivity index (χ3v) is 7.46. The van der Waals surface area contributed by atoms with E-state index in [1.54, 1.807) is 11.0 Å². The number of rotatable bonds is 5. The predicted octanol–water partition coefficient (Wildman–Crippen LogP) is 2.76. The van der Waals surface area contributed by atoms with Gasteiger partial charge in [0.15, 0.2) is 0 Å². The Kier molecular flexibility index (Phi) is 4.88. The number of carbonyl (C=O) groups is 2. The van der Waals surface area contributed by atoms with Crippen LogP contribution in [0, 0.1) is 0 Å². The summed E-state index contributed by atoms with van der Waals surface area (Å²) in [4.78, 5) is 39.3. The van der Waals surface area contributed by atoms with Crippen LogP contribution in [0.4, 0.5) is 16.2 Å². The summed E-state index contributed by atoms with van der Waals surface area (Å²) in [5.41, 5.74) is 3.65. The maximum Gasteiger partial charge on any atom is 0.414 e. The van der Waals surface area contributed by atoms with Crippen LogP contribution in [0.15, 0.2) is 58.2 Å². The summed E-state index contributed by atoms with van der Waals surface area (Å²) in [5.74, 6) is 0.359. The highest BCUT2D eigenvalue weighted by Crippen LogP contribution is 2.35. The fourth-order valence-electron chi connectivity index (χ4n) is 4.92. The standard InChI is InChI=1S/C24H22N4O4S/c29-21-13-33-20-6-5-16(9-19(20)26-21)27-12-18(32-24(27)31)11-25-10-17-8-15-3-1-2-14-4-7-22(30)28(17)23(14)15/h1-7,9,17-18,25H,8,10-13H2,(H,26,29)/t17?,18-/m1/s1. The maximum atomic E-state index is 12.5. The number of pyridine rings is 1. The van der Waals surface area contributed by atoms with Gasteiger partial charge in [-0.05, 0) is 41.6 Å². The molecule has 0 bridgehead atoms. The van der Waals surface area contributed by atoms with Crippen LogP contribution in [0.5, 0.6) is 0 Å². The molecule has 0 saturated carbocycles. The number of ether oxygens (including phenoxy) is 1. The lowest BCUT2D eigenvalue weighted by Gasteiger charge is -2.20. The zero-order chi connectivity index (χ0) is 22.5. The van der Waals surface area contributed by atoms with Gasteiger partial charge in [-0.1, -0.05) is 18.2 Å². The molecule has 3 aliphatic rings. The van der Waals surface area contributed by atoms with Gasteiger partial charge >= 0.3 is 6.09 Å². The zero-order valence-corrected chi connectivity index (χ0v) is 18.6. The number of anilines is 2. The van der Waals surface area contributed by atoms with Crippen LogP contribution in [0.3, 0.4) is 0 Å². The van der Waals surface area contributed by atoms with E-state index in [2.05, 4.69) is 16.7 Å².